The maximum Gasteiger partial charge on any atom is 0.169 e. The molecule has 1 rings (SSSR count). The Kier molecular flexibility index (Phi) is 5.41. The number of halogens is 1. The largest absolute Gasteiger partial charge is 0.385 e. The molecule has 0 aromatic heterocycles. The molecule has 0 aromatic rings. The molecule has 0 aromatic carbocycles. The highest BCUT2D eigenvalue weighted by atomic mass is 79.9. The quantitative estimate of drug-likeness (QED) is 0.710. The van der Waals surface area contributed by atoms with Crippen LogP contribution >= 0.6 is 15.9 Å². The van der Waals surface area contributed by atoms with Gasteiger partial charge in [0.2, 0.25) is 0 Å². The predicted molar refractivity (Wildman–Crippen MR) is 60.5 cm³/mol. The zero-order valence-corrected chi connectivity index (χ0v) is 10.2. The first-order valence-electron chi connectivity index (χ1n) is 5.15. The van der Waals surface area contributed by atoms with E-state index < -0.39 is 0 Å². The lowest BCUT2D eigenvalue weighted by Gasteiger charge is -2.15. The summed E-state index contributed by atoms with van der Waals surface area (Å²) in [6.45, 7) is 0.818. The molecule has 0 radical (unpaired) electrons. The van der Waals surface area contributed by atoms with Crippen molar-refractivity contribution in [3.63, 3.8) is 0 Å². The Morgan fingerprint density at radius 3 is 2.86 bits per heavy atom. The van der Waals surface area contributed by atoms with Gasteiger partial charge in [-0.05, 0) is 48.0 Å². The fourth-order valence-corrected chi connectivity index (χ4v) is 2.29. The average molecular weight is 261 g/mol. The van der Waals surface area contributed by atoms with Gasteiger partial charge in [-0.3, -0.25) is 4.79 Å². The lowest BCUT2D eigenvalue weighted by atomic mass is 9.95. The predicted octanol–water partition coefficient (Wildman–Crippen LogP) is 3.21. The Hall–Kier alpha value is -0.150. The summed E-state index contributed by atoms with van der Waals surface area (Å²) in [4.78, 5) is 11.4. The van der Waals surface area contributed by atoms with Gasteiger partial charge in [0.1, 0.15) is 0 Å². The molecular weight excluding hydrogens is 244 g/mol. The second-order valence-corrected chi connectivity index (χ2v) is 4.44. The molecule has 0 fully saturated rings. The summed E-state index contributed by atoms with van der Waals surface area (Å²) in [6.07, 6.45) is 6.05. The fourth-order valence-electron chi connectivity index (χ4n) is 1.70. The van der Waals surface area contributed by atoms with Crippen LogP contribution in [-0.2, 0) is 9.53 Å². The Morgan fingerprint density at radius 2 is 2.14 bits per heavy atom. The van der Waals surface area contributed by atoms with E-state index in [4.69, 9.17) is 4.74 Å². The van der Waals surface area contributed by atoms with Crippen molar-refractivity contribution in [1.82, 2.24) is 0 Å². The molecule has 0 atom stereocenters. The molecule has 2 nitrogen and oxygen atoms in total. The number of unbranched alkanes of at least 4 members (excludes halogenated alkanes) is 1. The van der Waals surface area contributed by atoms with Gasteiger partial charge < -0.3 is 4.74 Å². The van der Waals surface area contributed by atoms with Gasteiger partial charge >= 0.3 is 0 Å². The Labute approximate surface area is 93.8 Å². The summed E-state index contributed by atoms with van der Waals surface area (Å²) < 4.78 is 5.83. The van der Waals surface area contributed by atoms with E-state index in [0.29, 0.717) is 6.42 Å². The molecular formula is C11H17BrO2. The van der Waals surface area contributed by atoms with E-state index in [-0.39, 0.29) is 5.78 Å². The van der Waals surface area contributed by atoms with Crippen molar-refractivity contribution >= 4 is 21.7 Å². The summed E-state index contributed by atoms with van der Waals surface area (Å²) in [5, 5.41) is 0. The first-order valence-corrected chi connectivity index (χ1v) is 5.94. The minimum Gasteiger partial charge on any atom is -0.385 e. The van der Waals surface area contributed by atoms with Crippen LogP contribution in [0.1, 0.15) is 38.5 Å². The third-order valence-corrected chi connectivity index (χ3v) is 3.52. The lowest BCUT2D eigenvalue weighted by molar-refractivity contribution is -0.115. The summed E-state index contributed by atoms with van der Waals surface area (Å²) >= 11 is 3.39. The highest BCUT2D eigenvalue weighted by molar-refractivity contribution is 9.12. The zero-order valence-electron chi connectivity index (χ0n) is 8.64. The van der Waals surface area contributed by atoms with Crippen molar-refractivity contribution < 1.29 is 9.53 Å². The zero-order chi connectivity index (χ0) is 10.4. The van der Waals surface area contributed by atoms with Gasteiger partial charge in [-0.2, -0.15) is 0 Å². The molecule has 0 spiro atoms. The van der Waals surface area contributed by atoms with Crippen LogP contribution in [-0.4, -0.2) is 19.5 Å². The van der Waals surface area contributed by atoms with Crippen molar-refractivity contribution in [2.45, 2.75) is 38.5 Å². The van der Waals surface area contributed by atoms with Crippen LogP contribution in [0.4, 0.5) is 0 Å². The third-order valence-electron chi connectivity index (χ3n) is 2.51. The molecule has 0 heterocycles. The van der Waals surface area contributed by atoms with E-state index in [2.05, 4.69) is 15.9 Å². The molecule has 0 unspecified atom stereocenters. The highest BCUT2D eigenvalue weighted by Gasteiger charge is 2.17. The smallest absolute Gasteiger partial charge is 0.169 e. The van der Waals surface area contributed by atoms with Gasteiger partial charge in [-0.15, -0.1) is 0 Å². The number of allylic oxidation sites excluding steroid dienone is 2. The van der Waals surface area contributed by atoms with Crippen LogP contribution in [0.5, 0.6) is 0 Å². The summed E-state index contributed by atoms with van der Waals surface area (Å²) in [7, 11) is 1.72. The van der Waals surface area contributed by atoms with Crippen LogP contribution in [0, 0.1) is 0 Å². The molecule has 80 valence electrons. The number of methoxy groups -OCH3 is 1. The normalized spacial score (nSPS) is 17.7. The average Bonchev–Trinajstić information content (AvgIpc) is 2.19. The molecule has 1 aliphatic rings. The van der Waals surface area contributed by atoms with E-state index >= 15 is 0 Å². The Morgan fingerprint density at radius 1 is 1.36 bits per heavy atom. The number of ether oxygens (including phenoxy) is 1. The molecule has 0 amide bonds. The topological polar surface area (TPSA) is 26.3 Å². The molecule has 0 saturated heterocycles. The van der Waals surface area contributed by atoms with E-state index in [0.717, 1.165) is 43.2 Å². The first-order chi connectivity index (χ1) is 6.75. The van der Waals surface area contributed by atoms with Gasteiger partial charge in [0.05, 0.1) is 4.48 Å². The van der Waals surface area contributed by atoms with Crippen molar-refractivity contribution in [1.29, 1.82) is 0 Å². The van der Waals surface area contributed by atoms with Gasteiger partial charge in [0.15, 0.2) is 5.78 Å². The number of hydrogen-bond donors (Lipinski definition) is 0. The molecule has 0 bridgehead atoms. The number of carbonyl (C=O) groups excluding carboxylic acids is 1. The maximum absolute atomic E-state index is 11.4. The molecule has 14 heavy (non-hydrogen) atoms. The van der Waals surface area contributed by atoms with E-state index in [9.17, 15) is 4.79 Å². The molecule has 0 saturated carbocycles. The lowest BCUT2D eigenvalue weighted by Crippen LogP contribution is -2.07. The number of hydrogen-bond acceptors (Lipinski definition) is 2. The maximum atomic E-state index is 11.4. The number of carbonyl (C=O) groups is 1. The standard InChI is InChI=1S/C11H17BrO2/c1-14-8-3-2-5-9-6-4-7-10(13)11(9)12/h2-8H2,1H3. The third kappa shape index (κ3) is 3.54. The van der Waals surface area contributed by atoms with Crippen LogP contribution in [0.25, 0.3) is 0 Å². The molecule has 1 aliphatic carbocycles. The summed E-state index contributed by atoms with van der Waals surface area (Å²) in [5.74, 6) is 0.276. The van der Waals surface area contributed by atoms with Gasteiger partial charge in [0.25, 0.3) is 0 Å². The second kappa shape index (κ2) is 6.36. The summed E-state index contributed by atoms with van der Waals surface area (Å²) in [6, 6.07) is 0. The number of ketones is 1. The van der Waals surface area contributed by atoms with Crippen molar-refractivity contribution in [3.8, 4) is 0 Å². The SMILES string of the molecule is COCCCCC1=C(Br)C(=O)CCC1. The Balaban J connectivity index is 2.35. The van der Waals surface area contributed by atoms with E-state index in [1.54, 1.807) is 7.11 Å². The first kappa shape index (κ1) is 11.9. The van der Waals surface area contributed by atoms with Crippen molar-refractivity contribution in [3.05, 3.63) is 10.1 Å². The van der Waals surface area contributed by atoms with Crippen LogP contribution in [0.3, 0.4) is 0 Å². The van der Waals surface area contributed by atoms with Crippen molar-refractivity contribution in [2.24, 2.45) is 0 Å². The Bertz CT molecular complexity index is 233. The molecule has 0 aliphatic heterocycles. The van der Waals surface area contributed by atoms with E-state index in [1.807, 2.05) is 0 Å². The fraction of sp³-hybridized carbons (Fsp3) is 0.727. The monoisotopic (exact) mass is 260 g/mol. The minimum absolute atomic E-state index is 0.276. The highest BCUT2D eigenvalue weighted by Crippen LogP contribution is 2.29. The van der Waals surface area contributed by atoms with Crippen molar-refractivity contribution in [2.75, 3.05) is 13.7 Å². The molecule has 3 heteroatoms. The van der Waals surface area contributed by atoms with Gasteiger partial charge in [-0.25, -0.2) is 0 Å². The second-order valence-electron chi connectivity index (χ2n) is 3.64. The van der Waals surface area contributed by atoms with Crippen LogP contribution in [0.15, 0.2) is 10.1 Å². The van der Waals surface area contributed by atoms with Crippen LogP contribution in [0.2, 0.25) is 0 Å². The van der Waals surface area contributed by atoms with E-state index in [1.165, 1.54) is 5.57 Å². The van der Waals surface area contributed by atoms with Gasteiger partial charge in [-0.1, -0.05) is 5.57 Å². The summed E-state index contributed by atoms with van der Waals surface area (Å²) in [5.41, 5.74) is 1.30. The number of rotatable bonds is 5. The molecule has 0 N–H and O–H groups in total. The van der Waals surface area contributed by atoms with Crippen LogP contribution < -0.4 is 0 Å². The van der Waals surface area contributed by atoms with Gasteiger partial charge in [0, 0.05) is 20.1 Å². The minimum atomic E-state index is 0.276. The number of Topliss-reactive ketones (excluding diaryl/α,β-unsaturated/α-hetero) is 1.